The molecule has 1 amide bonds. The lowest BCUT2D eigenvalue weighted by Crippen LogP contribution is -2.62. The lowest BCUT2D eigenvalue weighted by molar-refractivity contribution is -0.136. The van der Waals surface area contributed by atoms with Gasteiger partial charge in [0.15, 0.2) is 0 Å². The summed E-state index contributed by atoms with van der Waals surface area (Å²) in [5.74, 6) is 0.0194. The molecule has 3 aliphatic rings. The number of hydrogen-bond acceptors (Lipinski definition) is 4. The Morgan fingerprint density at radius 3 is 2.08 bits per heavy atom. The van der Waals surface area contributed by atoms with Gasteiger partial charge in [-0.25, -0.2) is 4.79 Å². The number of fused-ring (bicyclic) bond motifs is 5. The van der Waals surface area contributed by atoms with Crippen LogP contribution in [0, 0.1) is 0 Å². The van der Waals surface area contributed by atoms with Crippen LogP contribution in [0.25, 0.3) is 16.7 Å². The second kappa shape index (κ2) is 8.91. The van der Waals surface area contributed by atoms with Gasteiger partial charge in [-0.2, -0.15) is 0 Å². The number of morpholine rings is 1. The minimum atomic E-state index is -1.01. The number of amides is 1. The maximum absolute atomic E-state index is 13.4. The van der Waals surface area contributed by atoms with Gasteiger partial charge in [0.2, 0.25) is 0 Å². The Labute approximate surface area is 212 Å². The molecule has 3 aromatic carbocycles. The summed E-state index contributed by atoms with van der Waals surface area (Å²) in [6.45, 7) is 7.04. The van der Waals surface area contributed by atoms with Crippen molar-refractivity contribution in [2.45, 2.75) is 43.4 Å². The van der Waals surface area contributed by atoms with E-state index < -0.39 is 5.60 Å². The van der Waals surface area contributed by atoms with Crippen LogP contribution in [0.1, 0.15) is 47.9 Å². The molecule has 6 rings (SSSR count). The molecule has 0 aromatic heterocycles. The summed E-state index contributed by atoms with van der Waals surface area (Å²) in [6.07, 6.45) is 0.509. The van der Waals surface area contributed by atoms with Crippen LogP contribution in [0.2, 0.25) is 0 Å². The van der Waals surface area contributed by atoms with Crippen molar-refractivity contribution < 1.29 is 19.4 Å². The van der Waals surface area contributed by atoms with Crippen molar-refractivity contribution in [2.24, 2.45) is 0 Å². The Hall–Kier alpha value is -3.41. The first-order chi connectivity index (χ1) is 17.4. The number of rotatable bonds is 4. The third-order valence-electron chi connectivity index (χ3n) is 8.02. The Bertz CT molecular complexity index is 1250. The second-order valence-corrected chi connectivity index (χ2v) is 10.4. The van der Waals surface area contributed by atoms with E-state index >= 15 is 0 Å². The van der Waals surface area contributed by atoms with Gasteiger partial charge in [-0.1, -0.05) is 84.9 Å². The van der Waals surface area contributed by atoms with Crippen LogP contribution in [0.4, 0.5) is 4.79 Å². The van der Waals surface area contributed by atoms with Gasteiger partial charge in [0.25, 0.3) is 0 Å². The van der Waals surface area contributed by atoms with Crippen LogP contribution in [0.15, 0.2) is 79.4 Å². The molecule has 184 valence electrons. The monoisotopic (exact) mass is 481 g/mol. The van der Waals surface area contributed by atoms with Crippen molar-refractivity contribution >= 4 is 11.7 Å². The summed E-state index contributed by atoms with van der Waals surface area (Å²) >= 11 is 0. The zero-order valence-electron chi connectivity index (χ0n) is 20.5. The number of carbonyl (C=O) groups excluding carboxylic acids is 1. The molecule has 3 aromatic rings. The van der Waals surface area contributed by atoms with Crippen molar-refractivity contribution in [1.29, 1.82) is 0 Å². The molecule has 2 aliphatic heterocycles. The van der Waals surface area contributed by atoms with Crippen LogP contribution in [-0.4, -0.2) is 48.0 Å². The van der Waals surface area contributed by atoms with Crippen molar-refractivity contribution in [3.05, 3.63) is 102 Å². The van der Waals surface area contributed by atoms with E-state index in [-0.39, 0.29) is 30.7 Å². The molecule has 2 saturated heterocycles. The first-order valence-corrected chi connectivity index (χ1v) is 12.6. The highest BCUT2D eigenvalue weighted by Crippen LogP contribution is 2.45. The second-order valence-electron chi connectivity index (χ2n) is 10.4. The van der Waals surface area contributed by atoms with Gasteiger partial charge in [0.05, 0.1) is 30.9 Å². The third kappa shape index (κ3) is 3.83. The predicted octanol–water partition coefficient (Wildman–Crippen LogP) is 5.72. The Balaban J connectivity index is 1.19. The van der Waals surface area contributed by atoms with Crippen molar-refractivity contribution in [2.75, 3.05) is 19.8 Å². The fourth-order valence-corrected chi connectivity index (χ4v) is 6.24. The SMILES string of the molecule is C=C(C)c1ccc(C2(O)CC3COCC(C2)N3C(=O)OCC2c3ccccc3-c3ccccc32)cc1. The maximum atomic E-state index is 13.4. The standard InChI is InChI=1S/C31H31NO4/c1-20(2)21-11-13-22(14-12-21)31(34)15-23-17-35-18-24(16-31)32(23)30(33)36-19-29-27-9-5-3-7-25(27)26-8-4-6-10-28(26)29/h3-14,23-24,29,34H,1,15-19H2,2H3. The van der Waals surface area contributed by atoms with Crippen molar-refractivity contribution in [1.82, 2.24) is 4.90 Å². The molecule has 36 heavy (non-hydrogen) atoms. The third-order valence-corrected chi connectivity index (χ3v) is 8.02. The summed E-state index contributed by atoms with van der Waals surface area (Å²) in [7, 11) is 0. The van der Waals surface area contributed by atoms with E-state index in [0.717, 1.165) is 16.7 Å². The lowest BCUT2D eigenvalue weighted by atomic mass is 9.77. The lowest BCUT2D eigenvalue weighted by Gasteiger charge is -2.51. The predicted molar refractivity (Wildman–Crippen MR) is 140 cm³/mol. The zero-order valence-corrected chi connectivity index (χ0v) is 20.5. The van der Waals surface area contributed by atoms with Gasteiger partial charge in [-0.15, -0.1) is 0 Å². The minimum Gasteiger partial charge on any atom is -0.448 e. The smallest absolute Gasteiger partial charge is 0.410 e. The van der Waals surface area contributed by atoms with Gasteiger partial charge in [0.1, 0.15) is 6.61 Å². The molecule has 0 saturated carbocycles. The summed E-state index contributed by atoms with van der Waals surface area (Å²) in [4.78, 5) is 15.2. The number of ether oxygens (including phenoxy) is 2. The maximum Gasteiger partial charge on any atom is 0.410 e. The molecule has 5 heteroatoms. The average molecular weight is 482 g/mol. The summed E-state index contributed by atoms with van der Waals surface area (Å²) < 4.78 is 11.8. The molecule has 1 aliphatic carbocycles. The fourth-order valence-electron chi connectivity index (χ4n) is 6.24. The first kappa shape index (κ1) is 23.0. The van der Waals surface area contributed by atoms with Gasteiger partial charge in [-0.3, -0.25) is 4.90 Å². The summed E-state index contributed by atoms with van der Waals surface area (Å²) in [5.41, 5.74) is 6.72. The van der Waals surface area contributed by atoms with E-state index in [1.165, 1.54) is 22.3 Å². The number of hydrogen-bond donors (Lipinski definition) is 1. The molecular weight excluding hydrogens is 450 g/mol. The van der Waals surface area contributed by atoms with Crippen LogP contribution in [-0.2, 0) is 15.1 Å². The van der Waals surface area contributed by atoms with E-state index in [2.05, 4.69) is 30.8 Å². The molecule has 2 unspecified atom stereocenters. The number of nitrogens with zero attached hydrogens (tertiary/aromatic N) is 1. The van der Waals surface area contributed by atoms with Gasteiger partial charge in [0, 0.05) is 18.8 Å². The molecule has 2 atom stereocenters. The van der Waals surface area contributed by atoms with E-state index in [4.69, 9.17) is 9.47 Å². The highest BCUT2D eigenvalue weighted by atomic mass is 16.6. The Morgan fingerprint density at radius 1 is 0.972 bits per heavy atom. The molecule has 2 heterocycles. The normalized spacial score (nSPS) is 24.7. The highest BCUT2D eigenvalue weighted by molar-refractivity contribution is 5.79. The first-order valence-electron chi connectivity index (χ1n) is 12.6. The molecule has 2 fully saturated rings. The van der Waals surface area contributed by atoms with Crippen LogP contribution >= 0.6 is 0 Å². The fraction of sp³-hybridized carbons (Fsp3) is 0.323. The Kier molecular flexibility index (Phi) is 5.70. The van der Waals surface area contributed by atoms with Crippen LogP contribution in [0.5, 0.6) is 0 Å². The average Bonchev–Trinajstić information content (AvgIpc) is 3.20. The number of benzene rings is 3. The number of allylic oxidation sites excluding steroid dienone is 1. The molecule has 0 radical (unpaired) electrons. The molecule has 1 N–H and O–H groups in total. The van der Waals surface area contributed by atoms with E-state index in [1.54, 1.807) is 0 Å². The number of piperidine rings is 1. The van der Waals surface area contributed by atoms with Crippen LogP contribution in [0.3, 0.4) is 0 Å². The van der Waals surface area contributed by atoms with Gasteiger partial charge in [-0.05, 0) is 40.3 Å². The quantitative estimate of drug-likeness (QED) is 0.518. The Morgan fingerprint density at radius 2 is 1.53 bits per heavy atom. The van der Waals surface area contributed by atoms with Gasteiger partial charge >= 0.3 is 6.09 Å². The number of aliphatic hydroxyl groups is 1. The van der Waals surface area contributed by atoms with E-state index in [1.807, 2.05) is 60.4 Å². The zero-order chi connectivity index (χ0) is 24.9. The van der Waals surface area contributed by atoms with Crippen LogP contribution < -0.4 is 0 Å². The van der Waals surface area contributed by atoms with E-state index in [0.29, 0.717) is 26.1 Å². The van der Waals surface area contributed by atoms with Gasteiger partial charge < -0.3 is 14.6 Å². The van der Waals surface area contributed by atoms with E-state index in [9.17, 15) is 9.90 Å². The molecule has 2 bridgehead atoms. The summed E-state index contributed by atoms with van der Waals surface area (Å²) in [5, 5.41) is 11.6. The highest BCUT2D eigenvalue weighted by Gasteiger charge is 2.49. The largest absolute Gasteiger partial charge is 0.448 e. The topological polar surface area (TPSA) is 59.0 Å². The molecular formula is C31H31NO4. The summed E-state index contributed by atoms with van der Waals surface area (Å²) in [6, 6.07) is 24.2. The van der Waals surface area contributed by atoms with Crippen molar-refractivity contribution in [3.8, 4) is 11.1 Å². The number of carbonyl (C=O) groups is 1. The molecule has 5 nitrogen and oxygen atoms in total. The minimum absolute atomic E-state index is 0.0194. The van der Waals surface area contributed by atoms with Crippen molar-refractivity contribution in [3.63, 3.8) is 0 Å². The molecule has 0 spiro atoms.